The van der Waals surface area contributed by atoms with Crippen molar-refractivity contribution < 1.29 is 19.2 Å². The Kier molecular flexibility index (Phi) is 5.67. The molecule has 0 spiro atoms. The molecular formula is C17H17N3O5. The largest absolute Gasteiger partial charge is 0.482 e. The number of nitro groups is 1. The summed E-state index contributed by atoms with van der Waals surface area (Å²) in [5.74, 6) is -0.377. The number of hydrogen-bond acceptors (Lipinski definition) is 5. The van der Waals surface area contributed by atoms with Crippen molar-refractivity contribution in [2.45, 2.75) is 13.8 Å². The first-order valence-electron chi connectivity index (χ1n) is 7.41. The molecule has 2 amide bonds. The molecule has 8 heteroatoms. The number of non-ortho nitro benzene ring substituents is 1. The lowest BCUT2D eigenvalue weighted by molar-refractivity contribution is -0.384. The first-order valence-corrected chi connectivity index (χ1v) is 7.41. The quantitative estimate of drug-likeness (QED) is 0.619. The number of aryl methyl sites for hydroxylation is 1. The van der Waals surface area contributed by atoms with Gasteiger partial charge in [0.2, 0.25) is 5.91 Å². The molecule has 2 aromatic rings. The second-order valence-corrected chi connectivity index (χ2v) is 5.27. The summed E-state index contributed by atoms with van der Waals surface area (Å²) < 4.78 is 5.43. The Bertz CT molecular complexity index is 820. The molecule has 2 aromatic carbocycles. The Morgan fingerprint density at radius 1 is 1.12 bits per heavy atom. The maximum Gasteiger partial charge on any atom is 0.271 e. The first kappa shape index (κ1) is 17.9. The molecule has 8 nitrogen and oxygen atoms in total. The Morgan fingerprint density at radius 2 is 1.84 bits per heavy atom. The highest BCUT2D eigenvalue weighted by molar-refractivity contribution is 5.93. The van der Waals surface area contributed by atoms with Crippen LogP contribution in [0.3, 0.4) is 0 Å². The van der Waals surface area contributed by atoms with Crippen molar-refractivity contribution in [2.75, 3.05) is 17.2 Å². The summed E-state index contributed by atoms with van der Waals surface area (Å²) in [7, 11) is 0. The number of rotatable bonds is 6. The standard InChI is InChI=1S/C17H17N3O5/c1-11-7-8-13(20(23)24)9-15(11)19-17(22)10-25-16-6-4-3-5-14(16)18-12(2)21/h3-9H,10H2,1-2H3,(H,18,21)(H,19,22). The summed E-state index contributed by atoms with van der Waals surface area (Å²) in [6.45, 7) is 2.79. The smallest absolute Gasteiger partial charge is 0.271 e. The number of ether oxygens (including phenoxy) is 1. The molecule has 0 fully saturated rings. The van der Waals surface area contributed by atoms with Crippen molar-refractivity contribution >= 4 is 28.9 Å². The number of nitrogens with zero attached hydrogens (tertiary/aromatic N) is 1. The van der Waals surface area contributed by atoms with Crippen LogP contribution in [-0.4, -0.2) is 23.3 Å². The zero-order valence-corrected chi connectivity index (χ0v) is 13.7. The molecule has 0 atom stereocenters. The molecule has 130 valence electrons. The maximum absolute atomic E-state index is 12.1. The van der Waals surface area contributed by atoms with Crippen molar-refractivity contribution in [1.29, 1.82) is 0 Å². The highest BCUT2D eigenvalue weighted by Crippen LogP contribution is 2.24. The van der Waals surface area contributed by atoms with Crippen molar-refractivity contribution in [3.05, 3.63) is 58.1 Å². The number of para-hydroxylation sites is 2. The monoisotopic (exact) mass is 343 g/mol. The van der Waals surface area contributed by atoms with E-state index in [0.717, 1.165) is 0 Å². The maximum atomic E-state index is 12.1. The minimum absolute atomic E-state index is 0.113. The summed E-state index contributed by atoms with van der Waals surface area (Å²) in [5.41, 5.74) is 1.38. The lowest BCUT2D eigenvalue weighted by Crippen LogP contribution is -2.21. The number of carbonyl (C=O) groups is 2. The van der Waals surface area contributed by atoms with Crippen molar-refractivity contribution in [2.24, 2.45) is 0 Å². The van der Waals surface area contributed by atoms with Gasteiger partial charge in [0.15, 0.2) is 6.61 Å². The lowest BCUT2D eigenvalue weighted by Gasteiger charge is -2.12. The van der Waals surface area contributed by atoms with E-state index in [2.05, 4.69) is 10.6 Å². The molecule has 0 aliphatic carbocycles. The van der Waals surface area contributed by atoms with Gasteiger partial charge in [0.1, 0.15) is 5.75 Å². The van der Waals surface area contributed by atoms with E-state index in [1.165, 1.54) is 19.1 Å². The van der Waals surface area contributed by atoms with Gasteiger partial charge in [-0.15, -0.1) is 0 Å². The molecular weight excluding hydrogens is 326 g/mol. The number of carbonyl (C=O) groups excluding carboxylic acids is 2. The van der Waals surface area contributed by atoms with Crippen LogP contribution in [0.25, 0.3) is 0 Å². The molecule has 0 saturated heterocycles. The molecule has 0 bridgehead atoms. The van der Waals surface area contributed by atoms with Gasteiger partial charge in [-0.1, -0.05) is 18.2 Å². The fourth-order valence-corrected chi connectivity index (χ4v) is 2.07. The van der Waals surface area contributed by atoms with E-state index >= 15 is 0 Å². The van der Waals surface area contributed by atoms with E-state index in [4.69, 9.17) is 4.74 Å². The van der Waals surface area contributed by atoms with Gasteiger partial charge in [-0.3, -0.25) is 19.7 Å². The van der Waals surface area contributed by atoms with Gasteiger partial charge in [-0.05, 0) is 24.6 Å². The molecule has 0 unspecified atom stereocenters. The minimum atomic E-state index is -0.532. The van der Waals surface area contributed by atoms with Crippen LogP contribution < -0.4 is 15.4 Å². The van der Waals surface area contributed by atoms with Crippen molar-refractivity contribution in [3.8, 4) is 5.75 Å². The summed E-state index contributed by atoms with van der Waals surface area (Å²) in [4.78, 5) is 33.5. The Balaban J connectivity index is 2.03. The third-order valence-electron chi connectivity index (χ3n) is 3.26. The fourth-order valence-electron chi connectivity index (χ4n) is 2.07. The summed E-state index contributed by atoms with van der Waals surface area (Å²) in [6.07, 6.45) is 0. The number of nitrogens with one attached hydrogen (secondary N) is 2. The van der Waals surface area contributed by atoms with E-state index in [9.17, 15) is 19.7 Å². The minimum Gasteiger partial charge on any atom is -0.482 e. The van der Waals surface area contributed by atoms with Gasteiger partial charge >= 0.3 is 0 Å². The van der Waals surface area contributed by atoms with Crippen molar-refractivity contribution in [3.63, 3.8) is 0 Å². The van der Waals surface area contributed by atoms with Crippen LogP contribution in [0.4, 0.5) is 17.1 Å². The van der Waals surface area contributed by atoms with Gasteiger partial charge in [0.05, 0.1) is 16.3 Å². The average molecular weight is 343 g/mol. The molecule has 2 N–H and O–H groups in total. The van der Waals surface area contributed by atoms with Crippen LogP contribution in [-0.2, 0) is 9.59 Å². The molecule has 0 radical (unpaired) electrons. The zero-order chi connectivity index (χ0) is 18.4. The Labute approximate surface area is 144 Å². The van der Waals surface area contributed by atoms with Gasteiger partial charge in [-0.25, -0.2) is 0 Å². The topological polar surface area (TPSA) is 111 Å². The van der Waals surface area contributed by atoms with Crippen LogP contribution in [0.1, 0.15) is 12.5 Å². The molecule has 0 aromatic heterocycles. The molecule has 0 aliphatic rings. The van der Waals surface area contributed by atoms with E-state index < -0.39 is 10.8 Å². The highest BCUT2D eigenvalue weighted by Gasteiger charge is 2.12. The molecule has 25 heavy (non-hydrogen) atoms. The number of nitro benzene ring substituents is 1. The zero-order valence-electron chi connectivity index (χ0n) is 13.7. The predicted octanol–water partition coefficient (Wildman–Crippen LogP) is 2.88. The van der Waals surface area contributed by atoms with Gasteiger partial charge in [0, 0.05) is 19.1 Å². The van der Waals surface area contributed by atoms with E-state index in [1.807, 2.05) is 0 Å². The molecule has 0 heterocycles. The SMILES string of the molecule is CC(=O)Nc1ccccc1OCC(=O)Nc1cc([N+](=O)[O-])ccc1C. The normalized spacial score (nSPS) is 10.0. The number of anilines is 2. The number of hydrogen-bond donors (Lipinski definition) is 2. The first-order chi connectivity index (χ1) is 11.9. The lowest BCUT2D eigenvalue weighted by atomic mass is 10.2. The number of amides is 2. The summed E-state index contributed by atoms with van der Waals surface area (Å²) in [5, 5.41) is 16.0. The van der Waals surface area contributed by atoms with Crippen LogP contribution in [0, 0.1) is 17.0 Å². The predicted molar refractivity (Wildman–Crippen MR) is 92.7 cm³/mol. The van der Waals surface area contributed by atoms with Crippen LogP contribution in [0.5, 0.6) is 5.75 Å². The fraction of sp³-hybridized carbons (Fsp3) is 0.176. The third kappa shape index (κ3) is 5.03. The highest BCUT2D eigenvalue weighted by atomic mass is 16.6. The van der Waals surface area contributed by atoms with Gasteiger partial charge < -0.3 is 15.4 Å². The van der Waals surface area contributed by atoms with Crippen molar-refractivity contribution in [1.82, 2.24) is 0 Å². The third-order valence-corrected chi connectivity index (χ3v) is 3.26. The van der Waals surface area contributed by atoms with Gasteiger partial charge in [0.25, 0.3) is 11.6 Å². The molecule has 0 aliphatic heterocycles. The summed E-state index contributed by atoms with van der Waals surface area (Å²) in [6, 6.07) is 10.9. The Morgan fingerprint density at radius 3 is 2.52 bits per heavy atom. The van der Waals surface area contributed by atoms with E-state index in [1.54, 1.807) is 37.3 Å². The van der Waals surface area contributed by atoms with Gasteiger partial charge in [-0.2, -0.15) is 0 Å². The van der Waals surface area contributed by atoms with Crippen LogP contribution >= 0.6 is 0 Å². The molecule has 0 saturated carbocycles. The Hall–Kier alpha value is -3.42. The van der Waals surface area contributed by atoms with Crippen LogP contribution in [0.2, 0.25) is 0 Å². The van der Waals surface area contributed by atoms with E-state index in [0.29, 0.717) is 22.7 Å². The molecule has 2 rings (SSSR count). The number of benzene rings is 2. The summed E-state index contributed by atoms with van der Waals surface area (Å²) >= 11 is 0. The van der Waals surface area contributed by atoms with Crippen LogP contribution in [0.15, 0.2) is 42.5 Å². The second kappa shape index (κ2) is 7.91. The average Bonchev–Trinajstić information content (AvgIpc) is 2.55. The van der Waals surface area contributed by atoms with E-state index in [-0.39, 0.29) is 18.2 Å². The second-order valence-electron chi connectivity index (χ2n) is 5.27.